The Morgan fingerprint density at radius 2 is 2.00 bits per heavy atom. The molecule has 2 rings (SSSR count). The van der Waals surface area contributed by atoms with E-state index in [4.69, 9.17) is 5.73 Å². The minimum atomic E-state index is 0.0585. The Bertz CT molecular complexity index is 461. The Kier molecular flexibility index (Phi) is 2.22. The molecule has 0 aliphatic carbocycles. The third-order valence-corrected chi connectivity index (χ3v) is 2.40. The molecule has 0 saturated carbocycles. The molecule has 0 radical (unpaired) electrons. The van der Waals surface area contributed by atoms with Gasteiger partial charge < -0.3 is 5.73 Å². The summed E-state index contributed by atoms with van der Waals surface area (Å²) in [5, 5.41) is 1.16. The number of aryl methyl sites for hydroxylation is 1. The summed E-state index contributed by atoms with van der Waals surface area (Å²) in [6.45, 7) is 3.99. The van der Waals surface area contributed by atoms with Crippen LogP contribution in [0.2, 0.25) is 0 Å². The van der Waals surface area contributed by atoms with E-state index in [1.54, 1.807) is 0 Å². The number of nitrogens with zero attached hydrogens (tertiary/aromatic N) is 1. The molecule has 1 aromatic heterocycles. The van der Waals surface area contributed by atoms with Gasteiger partial charge in [0.2, 0.25) is 0 Å². The second kappa shape index (κ2) is 3.39. The van der Waals surface area contributed by atoms with Crippen molar-refractivity contribution < 1.29 is 0 Å². The van der Waals surface area contributed by atoms with E-state index in [0.717, 1.165) is 22.2 Å². The maximum atomic E-state index is 5.89. The normalized spacial score (nSPS) is 13.1. The number of hydrogen-bond acceptors (Lipinski definition) is 2. The lowest BCUT2D eigenvalue weighted by molar-refractivity contribution is 0.826. The second-order valence-corrected chi connectivity index (χ2v) is 3.66. The lowest BCUT2D eigenvalue weighted by Crippen LogP contribution is -2.05. The average molecular weight is 186 g/mol. The van der Waals surface area contributed by atoms with E-state index >= 15 is 0 Å². The summed E-state index contributed by atoms with van der Waals surface area (Å²) in [4.78, 5) is 4.46. The summed E-state index contributed by atoms with van der Waals surface area (Å²) >= 11 is 0. The zero-order valence-electron chi connectivity index (χ0n) is 8.49. The van der Waals surface area contributed by atoms with Crippen LogP contribution in [0.15, 0.2) is 30.3 Å². The molecule has 2 nitrogen and oxygen atoms in total. The van der Waals surface area contributed by atoms with Crippen LogP contribution in [-0.2, 0) is 0 Å². The lowest BCUT2D eigenvalue weighted by Gasteiger charge is -2.09. The molecule has 0 unspecified atom stereocenters. The van der Waals surface area contributed by atoms with Crippen molar-refractivity contribution in [1.29, 1.82) is 0 Å². The van der Waals surface area contributed by atoms with Crippen molar-refractivity contribution in [2.24, 2.45) is 5.73 Å². The molecule has 2 heteroatoms. The molecular weight excluding hydrogens is 172 g/mol. The number of aromatic nitrogens is 1. The molecule has 0 spiro atoms. The fourth-order valence-electron chi connectivity index (χ4n) is 1.68. The van der Waals surface area contributed by atoms with Crippen LogP contribution in [0.3, 0.4) is 0 Å². The maximum absolute atomic E-state index is 5.89. The standard InChI is InChI=1S/C12H14N2/c1-8-6-7-11-10(9(2)13)4-3-5-12(11)14-8/h3-7,9H,13H2,1-2H3/t9-/m0/s1. The molecule has 14 heavy (non-hydrogen) atoms. The van der Waals surface area contributed by atoms with E-state index in [9.17, 15) is 0 Å². The fourth-order valence-corrected chi connectivity index (χ4v) is 1.68. The topological polar surface area (TPSA) is 38.9 Å². The van der Waals surface area contributed by atoms with Crippen LogP contribution in [0, 0.1) is 6.92 Å². The highest BCUT2D eigenvalue weighted by molar-refractivity contribution is 5.82. The monoisotopic (exact) mass is 186 g/mol. The maximum Gasteiger partial charge on any atom is 0.0708 e. The minimum absolute atomic E-state index is 0.0585. The van der Waals surface area contributed by atoms with Gasteiger partial charge in [0, 0.05) is 17.1 Å². The van der Waals surface area contributed by atoms with Crippen LogP contribution in [0.25, 0.3) is 10.9 Å². The number of pyridine rings is 1. The lowest BCUT2D eigenvalue weighted by atomic mass is 10.0. The SMILES string of the molecule is Cc1ccc2c([C@H](C)N)cccc2n1. The van der Waals surface area contributed by atoms with E-state index in [-0.39, 0.29) is 6.04 Å². The third kappa shape index (κ3) is 1.49. The molecule has 0 bridgehead atoms. The van der Waals surface area contributed by atoms with Gasteiger partial charge in [-0.05, 0) is 31.5 Å². The van der Waals surface area contributed by atoms with Gasteiger partial charge >= 0.3 is 0 Å². The van der Waals surface area contributed by atoms with Crippen molar-refractivity contribution in [2.45, 2.75) is 19.9 Å². The van der Waals surface area contributed by atoms with Crippen LogP contribution >= 0.6 is 0 Å². The smallest absolute Gasteiger partial charge is 0.0708 e. The predicted octanol–water partition coefficient (Wildman–Crippen LogP) is 2.56. The first kappa shape index (κ1) is 9.16. The third-order valence-electron chi connectivity index (χ3n) is 2.40. The number of rotatable bonds is 1. The molecule has 0 saturated heterocycles. The van der Waals surface area contributed by atoms with Crippen molar-refractivity contribution in [1.82, 2.24) is 4.98 Å². The highest BCUT2D eigenvalue weighted by atomic mass is 14.7. The Morgan fingerprint density at radius 1 is 1.21 bits per heavy atom. The van der Waals surface area contributed by atoms with E-state index in [1.165, 1.54) is 0 Å². The summed E-state index contributed by atoms with van der Waals surface area (Å²) in [5.41, 5.74) is 9.12. The minimum Gasteiger partial charge on any atom is -0.324 e. The van der Waals surface area contributed by atoms with Crippen molar-refractivity contribution in [2.75, 3.05) is 0 Å². The molecule has 1 aromatic carbocycles. The molecule has 2 aromatic rings. The fraction of sp³-hybridized carbons (Fsp3) is 0.250. The number of benzene rings is 1. The largest absolute Gasteiger partial charge is 0.324 e. The average Bonchev–Trinajstić information content (AvgIpc) is 2.16. The van der Waals surface area contributed by atoms with E-state index in [0.29, 0.717) is 0 Å². The van der Waals surface area contributed by atoms with Crippen molar-refractivity contribution >= 4 is 10.9 Å². The molecule has 0 amide bonds. The highest BCUT2D eigenvalue weighted by Crippen LogP contribution is 2.21. The number of fused-ring (bicyclic) bond motifs is 1. The van der Waals surface area contributed by atoms with Crippen molar-refractivity contribution in [3.63, 3.8) is 0 Å². The zero-order valence-corrected chi connectivity index (χ0v) is 8.49. The van der Waals surface area contributed by atoms with Crippen LogP contribution in [0.4, 0.5) is 0 Å². The van der Waals surface area contributed by atoms with Crippen molar-refractivity contribution in [3.05, 3.63) is 41.6 Å². The summed E-state index contributed by atoms with van der Waals surface area (Å²) in [7, 11) is 0. The number of hydrogen-bond donors (Lipinski definition) is 1. The molecule has 1 atom stereocenters. The van der Waals surface area contributed by atoms with Gasteiger partial charge in [0.25, 0.3) is 0 Å². The zero-order chi connectivity index (χ0) is 10.1. The Hall–Kier alpha value is -1.41. The van der Waals surface area contributed by atoms with Crippen LogP contribution in [-0.4, -0.2) is 4.98 Å². The molecule has 0 aliphatic heterocycles. The first-order valence-corrected chi connectivity index (χ1v) is 4.80. The number of nitrogens with two attached hydrogens (primary N) is 1. The first-order chi connectivity index (χ1) is 6.68. The van der Waals surface area contributed by atoms with E-state index < -0.39 is 0 Å². The predicted molar refractivity (Wildman–Crippen MR) is 59.1 cm³/mol. The quantitative estimate of drug-likeness (QED) is 0.743. The summed E-state index contributed by atoms with van der Waals surface area (Å²) in [5.74, 6) is 0. The van der Waals surface area contributed by atoms with Gasteiger partial charge in [0.15, 0.2) is 0 Å². The van der Waals surface area contributed by atoms with Gasteiger partial charge in [0.1, 0.15) is 0 Å². The van der Waals surface area contributed by atoms with E-state index in [2.05, 4.69) is 17.1 Å². The van der Waals surface area contributed by atoms with Crippen LogP contribution in [0.1, 0.15) is 24.2 Å². The molecule has 0 aliphatic rings. The Morgan fingerprint density at radius 3 is 2.71 bits per heavy atom. The summed E-state index contributed by atoms with van der Waals surface area (Å²) in [6.07, 6.45) is 0. The Labute approximate surface area is 83.8 Å². The molecule has 1 heterocycles. The molecule has 2 N–H and O–H groups in total. The highest BCUT2D eigenvalue weighted by Gasteiger charge is 2.04. The Balaban J connectivity index is 2.75. The summed E-state index contributed by atoms with van der Waals surface area (Å²) in [6, 6.07) is 10.3. The molecular formula is C12H14N2. The van der Waals surface area contributed by atoms with Gasteiger partial charge in [-0.15, -0.1) is 0 Å². The van der Waals surface area contributed by atoms with Gasteiger partial charge in [-0.3, -0.25) is 4.98 Å². The van der Waals surface area contributed by atoms with Crippen LogP contribution in [0.5, 0.6) is 0 Å². The molecule has 72 valence electrons. The van der Waals surface area contributed by atoms with Gasteiger partial charge in [-0.2, -0.15) is 0 Å². The van der Waals surface area contributed by atoms with Crippen LogP contribution < -0.4 is 5.73 Å². The second-order valence-electron chi connectivity index (χ2n) is 3.66. The molecule has 0 fully saturated rings. The first-order valence-electron chi connectivity index (χ1n) is 4.80. The summed E-state index contributed by atoms with van der Waals surface area (Å²) < 4.78 is 0. The van der Waals surface area contributed by atoms with E-state index in [1.807, 2.05) is 32.0 Å². The van der Waals surface area contributed by atoms with Gasteiger partial charge in [-0.25, -0.2) is 0 Å². The van der Waals surface area contributed by atoms with Gasteiger partial charge in [0.05, 0.1) is 5.52 Å². The van der Waals surface area contributed by atoms with Crippen molar-refractivity contribution in [3.8, 4) is 0 Å². The van der Waals surface area contributed by atoms with Gasteiger partial charge in [-0.1, -0.05) is 18.2 Å².